The van der Waals surface area contributed by atoms with Gasteiger partial charge in [-0.15, -0.1) is 0 Å². The van der Waals surface area contributed by atoms with Gasteiger partial charge in [0.05, 0.1) is 12.5 Å². The first-order valence-electron chi connectivity index (χ1n) is 8.91. The van der Waals surface area contributed by atoms with E-state index in [-0.39, 0.29) is 11.9 Å². The summed E-state index contributed by atoms with van der Waals surface area (Å²) in [5.41, 5.74) is 1.94. The molecule has 132 valence electrons. The highest BCUT2D eigenvalue weighted by Crippen LogP contribution is 2.25. The van der Waals surface area contributed by atoms with Crippen molar-refractivity contribution in [3.05, 3.63) is 36.3 Å². The topological polar surface area (TPSA) is 68.2 Å². The Labute approximate surface area is 148 Å². The first-order chi connectivity index (χ1) is 12.2. The van der Waals surface area contributed by atoms with E-state index in [1.165, 1.54) is 0 Å². The van der Waals surface area contributed by atoms with E-state index in [1.807, 2.05) is 25.1 Å². The number of aryl methyl sites for hydroxylation is 1. The largest absolute Gasteiger partial charge is 0.466 e. The van der Waals surface area contributed by atoms with E-state index >= 15 is 0 Å². The third kappa shape index (κ3) is 4.13. The second kappa shape index (κ2) is 8.05. The van der Waals surface area contributed by atoms with Crippen LogP contribution in [0, 0.1) is 5.92 Å². The maximum Gasteiger partial charge on any atom is 0.310 e. The third-order valence-electron chi connectivity index (χ3n) is 4.43. The highest BCUT2D eigenvalue weighted by molar-refractivity contribution is 5.73. The van der Waals surface area contributed by atoms with Crippen molar-refractivity contribution in [2.24, 2.45) is 5.92 Å². The van der Waals surface area contributed by atoms with Crippen LogP contribution in [0.3, 0.4) is 0 Å². The number of carbonyl (C=O) groups is 1. The molecule has 0 N–H and O–H groups in total. The summed E-state index contributed by atoms with van der Waals surface area (Å²) >= 11 is 0. The number of aromatic nitrogens is 3. The number of rotatable bonds is 5. The van der Waals surface area contributed by atoms with Crippen molar-refractivity contribution in [3.8, 4) is 11.4 Å². The summed E-state index contributed by atoms with van der Waals surface area (Å²) in [6, 6.07) is 5.85. The Morgan fingerprint density at radius 1 is 1.28 bits per heavy atom. The highest BCUT2D eigenvalue weighted by Gasteiger charge is 2.28. The molecule has 0 unspecified atom stereocenters. The van der Waals surface area contributed by atoms with Gasteiger partial charge in [0.25, 0.3) is 0 Å². The zero-order valence-corrected chi connectivity index (χ0v) is 14.8. The molecule has 25 heavy (non-hydrogen) atoms. The molecule has 1 aliphatic rings. The molecule has 6 heteroatoms. The molecule has 1 aliphatic heterocycles. The SMILES string of the molecule is CCOC(=O)[C@H]1CCCN(c2cc(CC)nc(-c3ccncc3)n2)C1. The quantitative estimate of drug-likeness (QED) is 0.780. The van der Waals surface area contributed by atoms with Crippen LogP contribution in [0.1, 0.15) is 32.4 Å². The molecule has 0 spiro atoms. The van der Waals surface area contributed by atoms with Gasteiger partial charge in [0, 0.05) is 42.8 Å². The highest BCUT2D eigenvalue weighted by atomic mass is 16.5. The Morgan fingerprint density at radius 3 is 2.80 bits per heavy atom. The van der Waals surface area contributed by atoms with Crippen LogP contribution in [0.15, 0.2) is 30.6 Å². The molecule has 0 bridgehead atoms. The van der Waals surface area contributed by atoms with Crippen molar-refractivity contribution in [1.82, 2.24) is 15.0 Å². The zero-order chi connectivity index (χ0) is 17.6. The van der Waals surface area contributed by atoms with Crippen LogP contribution in [-0.2, 0) is 16.0 Å². The van der Waals surface area contributed by atoms with Crippen LogP contribution in [0.5, 0.6) is 0 Å². The molecule has 3 heterocycles. The lowest BCUT2D eigenvalue weighted by Crippen LogP contribution is -2.40. The van der Waals surface area contributed by atoms with Crippen molar-refractivity contribution in [3.63, 3.8) is 0 Å². The summed E-state index contributed by atoms with van der Waals surface area (Å²) in [7, 11) is 0. The second-order valence-electron chi connectivity index (χ2n) is 6.17. The lowest BCUT2D eigenvalue weighted by atomic mass is 9.98. The van der Waals surface area contributed by atoms with E-state index < -0.39 is 0 Å². The molecule has 2 aromatic rings. The Hall–Kier alpha value is -2.50. The van der Waals surface area contributed by atoms with Gasteiger partial charge >= 0.3 is 5.97 Å². The number of nitrogens with zero attached hydrogens (tertiary/aromatic N) is 4. The summed E-state index contributed by atoms with van der Waals surface area (Å²) in [6.07, 6.45) is 6.16. The Bertz CT molecular complexity index is 721. The monoisotopic (exact) mass is 340 g/mol. The number of anilines is 1. The fraction of sp³-hybridized carbons (Fsp3) is 0.474. The average Bonchev–Trinajstić information content (AvgIpc) is 2.68. The first-order valence-corrected chi connectivity index (χ1v) is 8.91. The number of carbonyl (C=O) groups excluding carboxylic acids is 1. The molecule has 2 aromatic heterocycles. The molecule has 1 saturated heterocycles. The maximum absolute atomic E-state index is 12.1. The van der Waals surface area contributed by atoms with Gasteiger partial charge in [-0.05, 0) is 38.3 Å². The van der Waals surface area contributed by atoms with Crippen LogP contribution in [0.2, 0.25) is 0 Å². The summed E-state index contributed by atoms with van der Waals surface area (Å²) in [4.78, 5) is 27.7. The number of ether oxygens (including phenoxy) is 1. The molecule has 0 amide bonds. The minimum absolute atomic E-state index is 0.0851. The van der Waals surface area contributed by atoms with E-state index in [0.717, 1.165) is 42.9 Å². The van der Waals surface area contributed by atoms with Crippen LogP contribution < -0.4 is 4.90 Å². The summed E-state index contributed by atoms with van der Waals surface area (Å²) in [6.45, 7) is 5.90. The van der Waals surface area contributed by atoms with E-state index in [1.54, 1.807) is 12.4 Å². The molecule has 1 atom stereocenters. The number of esters is 1. The fourth-order valence-electron chi connectivity index (χ4n) is 3.09. The summed E-state index contributed by atoms with van der Waals surface area (Å²) in [5, 5.41) is 0. The van der Waals surface area contributed by atoms with E-state index in [0.29, 0.717) is 19.0 Å². The Morgan fingerprint density at radius 2 is 2.08 bits per heavy atom. The fourth-order valence-corrected chi connectivity index (χ4v) is 3.09. The molecule has 0 saturated carbocycles. The predicted octanol–water partition coefficient (Wildman–Crippen LogP) is 2.88. The number of hydrogen-bond donors (Lipinski definition) is 0. The number of pyridine rings is 1. The Kier molecular flexibility index (Phi) is 5.58. The van der Waals surface area contributed by atoms with E-state index in [9.17, 15) is 4.79 Å². The average molecular weight is 340 g/mol. The van der Waals surface area contributed by atoms with Crippen molar-refractivity contribution in [2.75, 3.05) is 24.6 Å². The van der Waals surface area contributed by atoms with Crippen molar-refractivity contribution in [2.45, 2.75) is 33.1 Å². The molecule has 6 nitrogen and oxygen atoms in total. The predicted molar refractivity (Wildman–Crippen MR) is 96.2 cm³/mol. The van der Waals surface area contributed by atoms with Gasteiger partial charge in [-0.3, -0.25) is 9.78 Å². The molecule has 3 rings (SSSR count). The van der Waals surface area contributed by atoms with Crippen LogP contribution >= 0.6 is 0 Å². The third-order valence-corrected chi connectivity index (χ3v) is 4.43. The van der Waals surface area contributed by atoms with Gasteiger partial charge in [-0.2, -0.15) is 0 Å². The molecule has 0 aromatic carbocycles. The minimum Gasteiger partial charge on any atom is -0.466 e. The smallest absolute Gasteiger partial charge is 0.310 e. The normalized spacial score (nSPS) is 17.4. The van der Waals surface area contributed by atoms with Gasteiger partial charge in [0.1, 0.15) is 5.82 Å². The van der Waals surface area contributed by atoms with Crippen molar-refractivity contribution < 1.29 is 9.53 Å². The van der Waals surface area contributed by atoms with Gasteiger partial charge in [-0.25, -0.2) is 9.97 Å². The second-order valence-corrected chi connectivity index (χ2v) is 6.17. The number of piperidine rings is 1. The number of hydrogen-bond acceptors (Lipinski definition) is 6. The van der Waals surface area contributed by atoms with Gasteiger partial charge in [0.15, 0.2) is 5.82 Å². The zero-order valence-electron chi connectivity index (χ0n) is 14.8. The summed E-state index contributed by atoms with van der Waals surface area (Å²) in [5.74, 6) is 1.40. The van der Waals surface area contributed by atoms with Gasteiger partial charge in [-0.1, -0.05) is 6.92 Å². The molecule has 1 fully saturated rings. The maximum atomic E-state index is 12.1. The van der Waals surface area contributed by atoms with Crippen molar-refractivity contribution in [1.29, 1.82) is 0 Å². The van der Waals surface area contributed by atoms with Crippen LogP contribution in [-0.4, -0.2) is 40.6 Å². The molecular formula is C19H24N4O2. The lowest BCUT2D eigenvalue weighted by Gasteiger charge is -2.32. The molecule has 0 aliphatic carbocycles. The minimum atomic E-state index is -0.105. The Balaban J connectivity index is 1.87. The van der Waals surface area contributed by atoms with Gasteiger partial charge in [0.2, 0.25) is 0 Å². The first kappa shape index (κ1) is 17.3. The standard InChI is InChI=1S/C19H24N4O2/c1-3-16-12-17(22-18(21-16)14-7-9-20-10-8-14)23-11-5-6-15(13-23)19(24)25-4-2/h7-10,12,15H,3-6,11,13H2,1-2H3/t15-/m0/s1. The van der Waals surface area contributed by atoms with Gasteiger partial charge < -0.3 is 9.64 Å². The van der Waals surface area contributed by atoms with E-state index in [4.69, 9.17) is 9.72 Å². The van der Waals surface area contributed by atoms with Crippen LogP contribution in [0.4, 0.5) is 5.82 Å². The molecular weight excluding hydrogens is 316 g/mol. The van der Waals surface area contributed by atoms with Crippen LogP contribution in [0.25, 0.3) is 11.4 Å². The summed E-state index contributed by atoms with van der Waals surface area (Å²) < 4.78 is 5.20. The van der Waals surface area contributed by atoms with E-state index in [2.05, 4.69) is 21.8 Å². The molecule has 0 radical (unpaired) electrons. The van der Waals surface area contributed by atoms with Crippen molar-refractivity contribution >= 4 is 11.8 Å². The lowest BCUT2D eigenvalue weighted by molar-refractivity contribution is -0.148.